The lowest BCUT2D eigenvalue weighted by Gasteiger charge is -2.42. The number of benzene rings is 2. The third kappa shape index (κ3) is 15.6. The molecule has 3 amide bonds. The van der Waals surface area contributed by atoms with Gasteiger partial charge in [-0.2, -0.15) is 16.8 Å². The zero-order valence-corrected chi connectivity index (χ0v) is 51.9. The first kappa shape index (κ1) is 64.8. The Bertz CT molecular complexity index is 3800. The van der Waals surface area contributed by atoms with Gasteiger partial charge in [0.2, 0.25) is 5.91 Å². The van der Waals surface area contributed by atoms with Crippen molar-refractivity contribution in [2.24, 2.45) is 16.8 Å². The second-order valence-electron chi connectivity index (χ2n) is 23.2. The Morgan fingerprint density at radius 1 is 0.989 bits per heavy atom. The Labute approximate surface area is 515 Å². The number of carbonyl (C=O) groups is 4. The van der Waals surface area contributed by atoms with Gasteiger partial charge in [-0.25, -0.2) is 14.8 Å². The maximum absolute atomic E-state index is 14.0. The SMILES string of the molecule is CCC(OC)N1CC(C#CNC(=O)COCCOC(S)COC2=CCCC(C(=O)NCCNC(=O)c3ccc(C(=O)O)c(C4=C5CC6C(=NC(C)(C)CC6CS(=O)(=O)O)C=C5Oc5cc6c(cc54)C(CS(=O)(=O)O)=CC(C)(C)N6)c3)=C2)c2c(N)ncnc21. The van der Waals surface area contributed by atoms with E-state index in [1.54, 1.807) is 37.5 Å². The summed E-state index contributed by atoms with van der Waals surface area (Å²) in [6.07, 6.45) is 9.94. The maximum Gasteiger partial charge on any atom is 0.336 e. The first-order valence-electron chi connectivity index (χ1n) is 28.5. The molecule has 0 saturated heterocycles. The van der Waals surface area contributed by atoms with Gasteiger partial charge < -0.3 is 55.4 Å². The number of hydrogen-bond donors (Lipinski definition) is 9. The fourth-order valence-electron chi connectivity index (χ4n) is 11.9. The molecule has 2 aromatic carbocycles. The molecular weight excluding hydrogens is 1200 g/mol. The van der Waals surface area contributed by atoms with Gasteiger partial charge in [-0.15, -0.1) is 12.6 Å². The molecule has 5 unspecified atom stereocenters. The topological polar surface area (TPSA) is 359 Å². The molecule has 1 aromatic heterocycles. The normalized spacial score (nSPS) is 20.3. The number of ether oxygens (including phenoxy) is 5. The van der Waals surface area contributed by atoms with E-state index < -0.39 is 83.8 Å². The van der Waals surface area contributed by atoms with Gasteiger partial charge in [0.25, 0.3) is 32.1 Å². The molecular formula is C60H71N9O16S3. The Hall–Kier alpha value is -7.62. The predicted octanol–water partition coefficient (Wildman–Crippen LogP) is 5.28. The third-order valence-corrected chi connectivity index (χ3v) is 17.3. The number of aromatic nitrogens is 2. The molecule has 88 heavy (non-hydrogen) atoms. The van der Waals surface area contributed by atoms with E-state index in [1.807, 2.05) is 45.6 Å². The van der Waals surface area contributed by atoms with Crippen LogP contribution < -0.4 is 36.6 Å². The molecule has 3 aromatic rings. The molecule has 0 spiro atoms. The number of anilines is 3. The lowest BCUT2D eigenvalue weighted by atomic mass is 9.70. The van der Waals surface area contributed by atoms with Crippen molar-refractivity contribution < 1.29 is 73.9 Å². The highest BCUT2D eigenvalue weighted by Gasteiger charge is 2.44. The van der Waals surface area contributed by atoms with Crippen molar-refractivity contribution in [3.8, 4) is 17.7 Å². The molecule has 28 heteroatoms. The first-order chi connectivity index (χ1) is 41.6. The number of fused-ring (bicyclic) bond motifs is 5. The van der Waals surface area contributed by atoms with Crippen LogP contribution in [-0.2, 0) is 48.8 Å². The molecule has 9 rings (SSSR count). The number of nitrogen functional groups attached to an aromatic ring is 1. The minimum absolute atomic E-state index is 0.0103. The molecule has 5 atom stereocenters. The lowest BCUT2D eigenvalue weighted by molar-refractivity contribution is -0.125. The number of aromatic carboxylic acids is 1. The number of aliphatic imine (C=N–C) groups is 1. The number of carboxylic acid groups (broad SMARTS) is 1. The smallest absolute Gasteiger partial charge is 0.336 e. The van der Waals surface area contributed by atoms with Crippen molar-refractivity contribution in [3.05, 3.63) is 117 Å². The minimum atomic E-state index is -4.55. The largest absolute Gasteiger partial charge is 0.490 e. The van der Waals surface area contributed by atoms with Gasteiger partial charge in [-0.3, -0.25) is 33.8 Å². The Balaban J connectivity index is 0.814. The first-order valence-corrected chi connectivity index (χ1v) is 32.2. The molecule has 0 fully saturated rings. The van der Waals surface area contributed by atoms with Gasteiger partial charge in [-0.1, -0.05) is 18.9 Å². The van der Waals surface area contributed by atoms with Gasteiger partial charge in [0.05, 0.1) is 47.1 Å². The molecule has 6 aliphatic rings. The van der Waals surface area contributed by atoms with E-state index in [4.69, 9.17) is 34.4 Å². The van der Waals surface area contributed by atoms with Gasteiger partial charge in [0.1, 0.15) is 65.9 Å². The molecule has 0 bridgehead atoms. The summed E-state index contributed by atoms with van der Waals surface area (Å²) in [6.45, 7) is 9.70. The van der Waals surface area contributed by atoms with Crippen molar-refractivity contribution in [2.75, 3.05) is 80.6 Å². The van der Waals surface area contributed by atoms with E-state index in [1.165, 1.54) is 24.5 Å². The highest BCUT2D eigenvalue weighted by molar-refractivity contribution is 7.86. The molecule has 470 valence electrons. The van der Waals surface area contributed by atoms with Crippen molar-refractivity contribution in [3.63, 3.8) is 0 Å². The number of rotatable bonds is 23. The predicted molar refractivity (Wildman–Crippen MR) is 331 cm³/mol. The summed E-state index contributed by atoms with van der Waals surface area (Å²) in [5.74, 6) is -0.718. The van der Waals surface area contributed by atoms with Crippen molar-refractivity contribution >= 4 is 90.7 Å². The number of nitrogens with one attached hydrogen (secondary N) is 4. The van der Waals surface area contributed by atoms with E-state index in [9.17, 15) is 50.2 Å². The standard InChI is InChI=1S/C60H71N9O16S3/c1-7-50(81-6)69-27-35(52-54(61)65-32-66-55(52)69)13-14-62-49(70)28-82-17-18-83-51(86)29-84-38-10-8-9-33(19-38)56(71)63-15-16-64-57(72)34-11-12-39(58(73)74)42(20-34)53-43-21-40-36(30-87(75,76)77)25-59(2,3)67-45(40)23-47(43)85-48-24-46-41(22-44(48)53)37(31-88(78,79)80)26-60(4,5)68-46/h10-12,19-21,23-25,32,35,37,41,50-51,67,86H,7-9,15-18,22,26-31H2,1-6H3,(H,62,70)(H,63,71)(H,64,72)(H,73,74)(H2,61,65,66)(H,75,76,77)(H,78,79,80). The molecule has 9 N–H and O–H groups in total. The number of allylic oxidation sites excluding steroid dienone is 4. The highest BCUT2D eigenvalue weighted by Crippen LogP contribution is 2.52. The van der Waals surface area contributed by atoms with Crippen LogP contribution in [0, 0.1) is 23.8 Å². The minimum Gasteiger partial charge on any atom is -0.490 e. The quantitative estimate of drug-likeness (QED) is 0.0146. The summed E-state index contributed by atoms with van der Waals surface area (Å²) in [6, 6.07) is 10.1. The number of carboxylic acids is 1. The van der Waals surface area contributed by atoms with Crippen LogP contribution >= 0.6 is 12.6 Å². The number of nitrogens with two attached hydrogens (primary N) is 1. The lowest BCUT2D eigenvalue weighted by Crippen LogP contribution is -2.42. The van der Waals surface area contributed by atoms with Crippen LogP contribution in [0.25, 0.3) is 11.1 Å². The third-order valence-electron chi connectivity index (χ3n) is 15.5. The number of thiol groups is 1. The molecule has 25 nitrogen and oxygen atoms in total. The van der Waals surface area contributed by atoms with Crippen LogP contribution in [0.5, 0.6) is 5.75 Å². The number of methoxy groups -OCH3 is 1. The summed E-state index contributed by atoms with van der Waals surface area (Å²) in [7, 11) is -7.41. The fourth-order valence-corrected chi connectivity index (χ4v) is 13.6. The molecule has 5 heterocycles. The van der Waals surface area contributed by atoms with Gasteiger partial charge in [-0.05, 0) is 113 Å². The Kier molecular flexibility index (Phi) is 19.6. The van der Waals surface area contributed by atoms with E-state index in [-0.39, 0.29) is 91.9 Å². The zero-order valence-electron chi connectivity index (χ0n) is 49.3. The molecule has 4 aliphatic heterocycles. The molecule has 2 aliphatic carbocycles. The number of nitrogens with zero attached hydrogens (tertiary/aromatic N) is 4. The van der Waals surface area contributed by atoms with Gasteiger partial charge >= 0.3 is 5.97 Å². The summed E-state index contributed by atoms with van der Waals surface area (Å²) in [5.41, 5.74) is 7.72. The van der Waals surface area contributed by atoms with E-state index in [0.717, 1.165) is 0 Å². The average Bonchev–Trinajstić information content (AvgIpc) is 0.890. The monoisotopic (exact) mass is 1270 g/mol. The van der Waals surface area contributed by atoms with Crippen LogP contribution in [0.1, 0.15) is 116 Å². The summed E-state index contributed by atoms with van der Waals surface area (Å²) >= 11 is 4.44. The second-order valence-corrected chi connectivity index (χ2v) is 26.7. The summed E-state index contributed by atoms with van der Waals surface area (Å²) < 4.78 is 99.2. The van der Waals surface area contributed by atoms with Crippen LogP contribution in [0.4, 0.5) is 17.3 Å². The van der Waals surface area contributed by atoms with E-state index in [0.29, 0.717) is 94.4 Å². The van der Waals surface area contributed by atoms with Crippen molar-refractivity contribution in [1.82, 2.24) is 25.9 Å². The molecule has 0 saturated carbocycles. The van der Waals surface area contributed by atoms with Crippen molar-refractivity contribution in [1.29, 1.82) is 0 Å². The van der Waals surface area contributed by atoms with Crippen LogP contribution in [0.15, 0.2) is 88.6 Å². The molecule has 0 radical (unpaired) electrons. The van der Waals surface area contributed by atoms with Crippen LogP contribution in [-0.4, -0.2) is 158 Å². The summed E-state index contributed by atoms with van der Waals surface area (Å²) in [4.78, 5) is 68.5. The van der Waals surface area contributed by atoms with Crippen LogP contribution in [0.3, 0.4) is 0 Å². The number of hydrogen-bond acceptors (Lipinski definition) is 20. The summed E-state index contributed by atoms with van der Waals surface area (Å²) in [5, 5.41) is 22.3. The van der Waals surface area contributed by atoms with E-state index in [2.05, 4.69) is 55.8 Å². The zero-order chi connectivity index (χ0) is 63.5. The average molecular weight is 1270 g/mol. The Morgan fingerprint density at radius 2 is 1.75 bits per heavy atom. The Morgan fingerprint density at radius 3 is 2.47 bits per heavy atom. The fraction of sp³-hybridized carbons (Fsp3) is 0.450. The second kappa shape index (κ2) is 26.6. The van der Waals surface area contributed by atoms with Gasteiger partial charge in [0, 0.05) is 95.7 Å². The van der Waals surface area contributed by atoms with Gasteiger partial charge in [0.15, 0.2) is 0 Å². The highest BCUT2D eigenvalue weighted by atomic mass is 32.2. The number of carbonyl (C=O) groups excluding carboxylic acids is 3. The number of amides is 3. The van der Waals surface area contributed by atoms with Crippen LogP contribution in [0.2, 0.25) is 0 Å². The van der Waals surface area contributed by atoms with E-state index >= 15 is 0 Å². The van der Waals surface area contributed by atoms with Crippen molar-refractivity contribution in [2.45, 2.75) is 95.4 Å². The maximum atomic E-state index is 14.0.